The van der Waals surface area contributed by atoms with E-state index in [1.54, 1.807) is 0 Å². The number of carbonyl (C=O) groups excluding carboxylic acids is 1. The first-order chi connectivity index (χ1) is 12.6. The Kier molecular flexibility index (Phi) is 6.75. The summed E-state index contributed by atoms with van der Waals surface area (Å²) in [6, 6.07) is 7.68. The summed E-state index contributed by atoms with van der Waals surface area (Å²) < 4.78 is 27.7. The predicted octanol–water partition coefficient (Wildman–Crippen LogP) is 2.91. The van der Waals surface area contributed by atoms with Gasteiger partial charge in [0.25, 0.3) is 5.91 Å². The Balaban J connectivity index is 1.68. The zero-order chi connectivity index (χ0) is 20.1. The molecular weight excluding hydrogens is 366 g/mol. The molecule has 1 aromatic carbocycles. The number of aryl methyl sites for hydroxylation is 1. The highest BCUT2D eigenvalue weighted by Gasteiger charge is 2.16. The maximum Gasteiger partial charge on any atom is 0.335 e. The van der Waals surface area contributed by atoms with Crippen molar-refractivity contribution in [1.82, 2.24) is 15.5 Å². The summed E-state index contributed by atoms with van der Waals surface area (Å²) in [5.41, 5.74) is 1.91. The van der Waals surface area contributed by atoms with Crippen LogP contribution in [0.25, 0.3) is 0 Å². The number of sulfone groups is 1. The van der Waals surface area contributed by atoms with Crippen molar-refractivity contribution in [3.05, 3.63) is 41.3 Å². The number of carbonyl (C=O) groups is 1. The van der Waals surface area contributed by atoms with Gasteiger partial charge in [-0.2, -0.15) is 0 Å². The van der Waals surface area contributed by atoms with Gasteiger partial charge in [0.1, 0.15) is 0 Å². The van der Waals surface area contributed by atoms with Crippen molar-refractivity contribution in [2.75, 3.05) is 12.8 Å². The van der Waals surface area contributed by atoms with Crippen LogP contribution in [0.2, 0.25) is 0 Å². The van der Waals surface area contributed by atoms with E-state index in [9.17, 15) is 13.2 Å². The van der Waals surface area contributed by atoms with Crippen molar-refractivity contribution in [3.8, 4) is 0 Å². The summed E-state index contributed by atoms with van der Waals surface area (Å²) in [6.07, 6.45) is 4.01. The summed E-state index contributed by atoms with van der Waals surface area (Å²) in [5, 5.41) is 9.81. The fraction of sp³-hybridized carbons (Fsp3) is 0.526. The summed E-state index contributed by atoms with van der Waals surface area (Å²) in [4.78, 5) is 12.2. The number of amides is 1. The Hall–Kier alpha value is -2.22. The molecule has 0 radical (unpaired) electrons. The van der Waals surface area contributed by atoms with Crippen LogP contribution < -0.4 is 5.32 Å². The van der Waals surface area contributed by atoms with Crippen molar-refractivity contribution < 1.29 is 17.6 Å². The highest BCUT2D eigenvalue weighted by molar-refractivity contribution is 7.90. The molecule has 27 heavy (non-hydrogen) atoms. The van der Waals surface area contributed by atoms with E-state index in [4.69, 9.17) is 4.42 Å². The highest BCUT2D eigenvalue weighted by Crippen LogP contribution is 2.22. The molecule has 0 atom stereocenters. The number of hydrogen-bond donors (Lipinski definition) is 1. The van der Waals surface area contributed by atoms with E-state index in [0.717, 1.165) is 25.5 Å². The van der Waals surface area contributed by atoms with Crippen LogP contribution in [-0.2, 0) is 21.7 Å². The number of benzene rings is 1. The largest absolute Gasteiger partial charge is 0.413 e. The van der Waals surface area contributed by atoms with Crippen LogP contribution in [-0.4, -0.2) is 37.3 Å². The minimum atomic E-state index is -3.46. The Morgan fingerprint density at radius 3 is 2.30 bits per heavy atom. The third-order valence-corrected chi connectivity index (χ3v) is 4.93. The monoisotopic (exact) mass is 393 g/mol. The molecule has 1 aromatic heterocycles. The van der Waals surface area contributed by atoms with E-state index < -0.39 is 9.84 Å². The van der Waals surface area contributed by atoms with Crippen molar-refractivity contribution in [2.24, 2.45) is 0 Å². The molecule has 148 valence electrons. The maximum absolute atomic E-state index is 12.2. The van der Waals surface area contributed by atoms with Crippen LogP contribution in [0.4, 0.5) is 0 Å². The first-order valence-corrected chi connectivity index (χ1v) is 10.9. The summed E-state index contributed by atoms with van der Waals surface area (Å²) >= 11 is 0. The average molecular weight is 394 g/mol. The van der Waals surface area contributed by atoms with Crippen LogP contribution in [0.15, 0.2) is 33.9 Å². The second kappa shape index (κ2) is 8.65. The molecule has 0 aliphatic carbocycles. The molecule has 1 amide bonds. The van der Waals surface area contributed by atoms with Gasteiger partial charge in [0, 0.05) is 24.8 Å². The molecule has 0 aliphatic rings. The van der Waals surface area contributed by atoms with Gasteiger partial charge in [0.15, 0.2) is 0 Å². The van der Waals surface area contributed by atoms with Gasteiger partial charge in [0.2, 0.25) is 15.7 Å². The second-order valence-corrected chi connectivity index (χ2v) is 9.52. The summed E-state index contributed by atoms with van der Waals surface area (Å²) in [5.74, 6) is 0.239. The number of nitrogens with one attached hydrogen (secondary N) is 1. The lowest BCUT2D eigenvalue weighted by atomic mass is 9.87. The zero-order valence-electron chi connectivity index (χ0n) is 16.3. The van der Waals surface area contributed by atoms with Crippen LogP contribution in [0.3, 0.4) is 0 Å². The lowest BCUT2D eigenvalue weighted by Crippen LogP contribution is -2.24. The normalized spacial score (nSPS) is 12.1. The molecule has 0 spiro atoms. The lowest BCUT2D eigenvalue weighted by molar-refractivity contribution is 0.0953. The predicted molar refractivity (Wildman–Crippen MR) is 102 cm³/mol. The van der Waals surface area contributed by atoms with Gasteiger partial charge < -0.3 is 9.73 Å². The minimum Gasteiger partial charge on any atom is -0.413 e. The minimum absolute atomic E-state index is 0.0649. The quantitative estimate of drug-likeness (QED) is 0.692. The molecule has 0 aliphatic heterocycles. The molecule has 0 bridgehead atoms. The van der Waals surface area contributed by atoms with Crippen LogP contribution in [0.1, 0.15) is 61.8 Å². The molecule has 0 saturated carbocycles. The fourth-order valence-electron chi connectivity index (χ4n) is 2.49. The van der Waals surface area contributed by atoms with Gasteiger partial charge in [-0.15, -0.1) is 5.10 Å². The molecule has 7 nitrogen and oxygen atoms in total. The van der Waals surface area contributed by atoms with Crippen LogP contribution >= 0.6 is 0 Å². The van der Waals surface area contributed by atoms with Gasteiger partial charge in [-0.1, -0.05) is 44.4 Å². The molecular formula is C19H27N3O4S. The van der Waals surface area contributed by atoms with Crippen molar-refractivity contribution in [1.29, 1.82) is 0 Å². The summed E-state index contributed by atoms with van der Waals surface area (Å²) in [6.45, 7) is 6.99. The molecule has 1 heterocycles. The number of rotatable bonds is 8. The molecule has 1 N–H and O–H groups in total. The van der Waals surface area contributed by atoms with Gasteiger partial charge in [-0.3, -0.25) is 4.79 Å². The Morgan fingerprint density at radius 2 is 1.74 bits per heavy atom. The van der Waals surface area contributed by atoms with Crippen molar-refractivity contribution in [2.45, 2.75) is 57.1 Å². The Morgan fingerprint density at radius 1 is 1.07 bits per heavy atom. The smallest absolute Gasteiger partial charge is 0.335 e. The standard InChI is InChI=1S/C19H27N3O4S/c1-19(2,3)15-11-9-14(10-12-15)17(23)20-13-7-5-6-8-16-21-22-18(26-16)27(4,24)25/h9-12H,5-8,13H2,1-4H3,(H,20,23). The molecule has 8 heteroatoms. The summed E-state index contributed by atoms with van der Waals surface area (Å²) in [7, 11) is -3.46. The first kappa shape index (κ1) is 21.1. The number of nitrogens with zero attached hydrogens (tertiary/aromatic N) is 2. The topological polar surface area (TPSA) is 102 Å². The van der Waals surface area contributed by atoms with Gasteiger partial charge >= 0.3 is 5.22 Å². The van der Waals surface area contributed by atoms with Crippen LogP contribution in [0.5, 0.6) is 0 Å². The lowest BCUT2D eigenvalue weighted by Gasteiger charge is -2.19. The third kappa shape index (κ3) is 6.46. The highest BCUT2D eigenvalue weighted by atomic mass is 32.2. The van der Waals surface area contributed by atoms with Crippen LogP contribution in [0, 0.1) is 0 Å². The maximum atomic E-state index is 12.2. The van der Waals surface area contributed by atoms with Gasteiger partial charge in [-0.25, -0.2) is 8.42 Å². The van der Waals surface area contributed by atoms with E-state index in [-0.39, 0.29) is 16.5 Å². The van der Waals surface area contributed by atoms with Gasteiger partial charge in [0.05, 0.1) is 0 Å². The van der Waals surface area contributed by atoms with E-state index in [2.05, 4.69) is 36.3 Å². The number of unbranched alkanes of at least 4 members (excludes halogenated alkanes) is 2. The van der Waals surface area contributed by atoms with E-state index in [1.165, 1.54) is 5.56 Å². The van der Waals surface area contributed by atoms with Crippen molar-refractivity contribution in [3.63, 3.8) is 0 Å². The zero-order valence-corrected chi connectivity index (χ0v) is 17.1. The van der Waals surface area contributed by atoms with E-state index in [0.29, 0.717) is 24.4 Å². The van der Waals surface area contributed by atoms with E-state index >= 15 is 0 Å². The molecule has 2 aromatic rings. The third-order valence-electron chi connectivity index (χ3n) is 4.13. The van der Waals surface area contributed by atoms with E-state index in [1.807, 2.05) is 24.3 Å². The molecule has 0 fully saturated rings. The fourth-order valence-corrected chi connectivity index (χ4v) is 2.93. The average Bonchev–Trinajstić information content (AvgIpc) is 3.06. The Labute approximate surface area is 160 Å². The molecule has 2 rings (SSSR count). The number of aromatic nitrogens is 2. The second-order valence-electron chi connectivity index (χ2n) is 7.63. The molecule has 0 unspecified atom stereocenters. The molecule has 0 saturated heterocycles. The first-order valence-electron chi connectivity index (χ1n) is 8.98. The van der Waals surface area contributed by atoms with Gasteiger partial charge in [-0.05, 0) is 36.0 Å². The Bertz CT molecular complexity index is 865. The van der Waals surface area contributed by atoms with Crippen molar-refractivity contribution >= 4 is 15.7 Å². The number of hydrogen-bond acceptors (Lipinski definition) is 6. The SMILES string of the molecule is CC(C)(C)c1ccc(C(=O)NCCCCCc2nnc(S(C)(=O)=O)o2)cc1.